The average Bonchev–Trinajstić information content (AvgIpc) is 2.76. The molecule has 0 unspecified atom stereocenters. The van der Waals surface area contributed by atoms with Crippen molar-refractivity contribution in [3.05, 3.63) is 45.1 Å². The Hall–Kier alpha value is -2.90. The Kier molecular flexibility index (Phi) is 5.74. The third-order valence-corrected chi connectivity index (χ3v) is 6.56. The van der Waals surface area contributed by atoms with Gasteiger partial charge in [-0.1, -0.05) is 12.1 Å². The van der Waals surface area contributed by atoms with Gasteiger partial charge in [0, 0.05) is 45.6 Å². The lowest BCUT2D eigenvalue weighted by Gasteiger charge is -2.37. The van der Waals surface area contributed by atoms with Crippen LogP contribution in [-0.2, 0) is 16.1 Å². The standard InChI is InChI=1S/C22H28N4O4/c1-15(27)24-10-12-25(13-11-24)20(28)17-8-6-16(7-9-17)14-26-21(29)18-4-2-3-5-19(18)23-22(26)30/h2-5,16-17H,6-14H2,1H3,(H,23,30). The summed E-state index contributed by atoms with van der Waals surface area (Å²) in [5.41, 5.74) is -0.0703. The topological polar surface area (TPSA) is 95.5 Å². The lowest BCUT2D eigenvalue weighted by Crippen LogP contribution is -2.51. The van der Waals surface area contributed by atoms with Crippen LogP contribution in [0.1, 0.15) is 32.6 Å². The quantitative estimate of drug-likeness (QED) is 0.819. The minimum absolute atomic E-state index is 0.00302. The van der Waals surface area contributed by atoms with Gasteiger partial charge in [-0.2, -0.15) is 0 Å². The first-order valence-corrected chi connectivity index (χ1v) is 10.7. The van der Waals surface area contributed by atoms with Crippen molar-refractivity contribution in [2.75, 3.05) is 26.2 Å². The van der Waals surface area contributed by atoms with Crippen molar-refractivity contribution in [2.24, 2.45) is 11.8 Å². The van der Waals surface area contributed by atoms with Crippen LogP contribution in [0.5, 0.6) is 0 Å². The Labute approximate surface area is 174 Å². The van der Waals surface area contributed by atoms with E-state index in [9.17, 15) is 19.2 Å². The minimum atomic E-state index is -0.375. The molecule has 1 aliphatic carbocycles. The highest BCUT2D eigenvalue weighted by Gasteiger charge is 2.31. The van der Waals surface area contributed by atoms with Gasteiger partial charge in [-0.3, -0.25) is 19.0 Å². The van der Waals surface area contributed by atoms with Gasteiger partial charge >= 0.3 is 5.69 Å². The highest BCUT2D eigenvalue weighted by atomic mass is 16.2. The zero-order valence-electron chi connectivity index (χ0n) is 17.3. The highest BCUT2D eigenvalue weighted by Crippen LogP contribution is 2.31. The first kappa shape index (κ1) is 20.4. The molecule has 1 N–H and O–H groups in total. The molecule has 1 aromatic heterocycles. The van der Waals surface area contributed by atoms with Gasteiger partial charge in [-0.25, -0.2) is 4.79 Å². The molecular weight excluding hydrogens is 384 g/mol. The van der Waals surface area contributed by atoms with Crippen molar-refractivity contribution in [2.45, 2.75) is 39.2 Å². The van der Waals surface area contributed by atoms with Crippen LogP contribution in [0.2, 0.25) is 0 Å². The number of rotatable bonds is 3. The molecule has 2 amide bonds. The minimum Gasteiger partial charge on any atom is -0.339 e. The molecule has 1 aliphatic heterocycles. The largest absolute Gasteiger partial charge is 0.339 e. The van der Waals surface area contributed by atoms with Crippen molar-refractivity contribution in [1.82, 2.24) is 19.4 Å². The maximum absolute atomic E-state index is 12.9. The van der Waals surface area contributed by atoms with Crippen LogP contribution in [0.4, 0.5) is 0 Å². The lowest BCUT2D eigenvalue weighted by molar-refractivity contribution is -0.142. The Bertz CT molecular complexity index is 1060. The second-order valence-electron chi connectivity index (χ2n) is 8.44. The van der Waals surface area contributed by atoms with Gasteiger partial charge in [0.05, 0.1) is 10.9 Å². The van der Waals surface area contributed by atoms with Crippen LogP contribution in [-0.4, -0.2) is 57.3 Å². The summed E-state index contributed by atoms with van der Waals surface area (Å²) in [5, 5.41) is 0.519. The zero-order valence-corrected chi connectivity index (χ0v) is 17.3. The summed E-state index contributed by atoms with van der Waals surface area (Å²) in [7, 11) is 0. The van der Waals surface area contributed by atoms with Crippen molar-refractivity contribution in [1.29, 1.82) is 0 Å². The number of H-pyrrole nitrogens is 1. The van der Waals surface area contributed by atoms with Gasteiger partial charge in [0.25, 0.3) is 5.56 Å². The molecule has 2 aromatic rings. The van der Waals surface area contributed by atoms with E-state index >= 15 is 0 Å². The van der Waals surface area contributed by atoms with Crippen LogP contribution in [0.15, 0.2) is 33.9 Å². The van der Waals surface area contributed by atoms with Gasteiger partial charge in [0.1, 0.15) is 0 Å². The first-order chi connectivity index (χ1) is 14.4. The molecule has 2 aliphatic rings. The van der Waals surface area contributed by atoms with Crippen LogP contribution < -0.4 is 11.2 Å². The molecule has 0 spiro atoms. The van der Waals surface area contributed by atoms with Crippen LogP contribution in [0, 0.1) is 11.8 Å². The zero-order chi connectivity index (χ0) is 21.3. The van der Waals surface area contributed by atoms with Gasteiger partial charge < -0.3 is 14.8 Å². The molecule has 0 bridgehead atoms. The molecule has 160 valence electrons. The molecule has 4 rings (SSSR count). The van der Waals surface area contributed by atoms with E-state index < -0.39 is 0 Å². The molecule has 0 atom stereocenters. The molecule has 1 saturated carbocycles. The van der Waals surface area contributed by atoms with E-state index in [1.807, 2.05) is 4.90 Å². The van der Waals surface area contributed by atoms with E-state index in [2.05, 4.69) is 4.98 Å². The van der Waals surface area contributed by atoms with E-state index in [1.165, 1.54) is 4.57 Å². The third kappa shape index (κ3) is 4.04. The molecule has 0 radical (unpaired) electrons. The Morgan fingerprint density at radius 2 is 1.60 bits per heavy atom. The Balaban J connectivity index is 1.36. The van der Waals surface area contributed by atoms with Crippen molar-refractivity contribution in [3.8, 4) is 0 Å². The average molecular weight is 412 g/mol. The second kappa shape index (κ2) is 8.45. The monoisotopic (exact) mass is 412 g/mol. The van der Waals surface area contributed by atoms with Crippen molar-refractivity contribution >= 4 is 22.7 Å². The van der Waals surface area contributed by atoms with E-state index in [4.69, 9.17) is 0 Å². The number of piperazine rings is 1. The van der Waals surface area contributed by atoms with Crippen LogP contribution in [0.25, 0.3) is 10.9 Å². The number of fused-ring (bicyclic) bond motifs is 1. The summed E-state index contributed by atoms with van der Waals surface area (Å²) in [6.45, 7) is 4.34. The van der Waals surface area contributed by atoms with E-state index in [1.54, 1.807) is 36.1 Å². The predicted molar refractivity (Wildman–Crippen MR) is 113 cm³/mol. The molecule has 30 heavy (non-hydrogen) atoms. The van der Waals surface area contributed by atoms with E-state index in [0.717, 1.165) is 25.7 Å². The summed E-state index contributed by atoms with van der Waals surface area (Å²) in [5.74, 6) is 0.444. The molecule has 2 fully saturated rings. The Morgan fingerprint density at radius 3 is 2.27 bits per heavy atom. The summed E-state index contributed by atoms with van der Waals surface area (Å²) >= 11 is 0. The van der Waals surface area contributed by atoms with Crippen LogP contribution >= 0.6 is 0 Å². The second-order valence-corrected chi connectivity index (χ2v) is 8.44. The smallest absolute Gasteiger partial charge is 0.328 e. The number of hydrogen-bond donors (Lipinski definition) is 1. The molecular formula is C22H28N4O4. The maximum atomic E-state index is 12.9. The molecule has 8 nitrogen and oxygen atoms in total. The summed E-state index contributed by atoms with van der Waals surface area (Å²) < 4.78 is 1.30. The number of aromatic amines is 1. The van der Waals surface area contributed by atoms with Gasteiger partial charge in [0.2, 0.25) is 11.8 Å². The first-order valence-electron chi connectivity index (χ1n) is 10.7. The normalized spacial score (nSPS) is 22.3. The predicted octanol–water partition coefficient (Wildman–Crippen LogP) is 1.19. The molecule has 1 saturated heterocycles. The number of amides is 2. The highest BCUT2D eigenvalue weighted by molar-refractivity contribution is 5.80. The number of nitrogens with one attached hydrogen (secondary N) is 1. The van der Waals surface area contributed by atoms with Crippen LogP contribution in [0.3, 0.4) is 0 Å². The third-order valence-electron chi connectivity index (χ3n) is 6.56. The number of hydrogen-bond acceptors (Lipinski definition) is 4. The summed E-state index contributed by atoms with van der Waals surface area (Å²) in [4.78, 5) is 55.9. The fraction of sp³-hybridized carbons (Fsp3) is 0.545. The van der Waals surface area contributed by atoms with Gasteiger partial charge in [-0.05, 0) is 43.7 Å². The number of carbonyl (C=O) groups excluding carboxylic acids is 2. The maximum Gasteiger partial charge on any atom is 0.328 e. The molecule has 2 heterocycles. The van der Waals surface area contributed by atoms with E-state index in [-0.39, 0.29) is 34.9 Å². The number of para-hydroxylation sites is 1. The fourth-order valence-electron chi connectivity index (χ4n) is 4.71. The van der Waals surface area contributed by atoms with Gasteiger partial charge in [-0.15, -0.1) is 0 Å². The Morgan fingerprint density at radius 1 is 0.967 bits per heavy atom. The lowest BCUT2D eigenvalue weighted by atomic mass is 9.81. The summed E-state index contributed by atoms with van der Waals surface area (Å²) in [6.07, 6.45) is 3.19. The summed E-state index contributed by atoms with van der Waals surface area (Å²) in [6, 6.07) is 7.04. The SMILES string of the molecule is CC(=O)N1CCN(C(=O)C2CCC(Cn3c(=O)[nH]c4ccccc4c3=O)CC2)CC1. The number of aromatic nitrogens is 2. The van der Waals surface area contributed by atoms with E-state index in [0.29, 0.717) is 43.6 Å². The molecule has 1 aromatic carbocycles. The number of nitrogens with zero attached hydrogens (tertiary/aromatic N) is 3. The molecule has 8 heteroatoms. The van der Waals surface area contributed by atoms with Crippen molar-refractivity contribution in [3.63, 3.8) is 0 Å². The van der Waals surface area contributed by atoms with Gasteiger partial charge in [0.15, 0.2) is 0 Å². The fourth-order valence-corrected chi connectivity index (χ4v) is 4.71. The van der Waals surface area contributed by atoms with Crippen molar-refractivity contribution < 1.29 is 9.59 Å². The number of carbonyl (C=O) groups is 2. The number of benzene rings is 1.